The Morgan fingerprint density at radius 2 is 1.50 bits per heavy atom. The van der Waals surface area contributed by atoms with Gasteiger partial charge < -0.3 is 4.74 Å². The predicted molar refractivity (Wildman–Crippen MR) is 120 cm³/mol. The summed E-state index contributed by atoms with van der Waals surface area (Å²) in [6.07, 6.45) is 1.14. The summed E-state index contributed by atoms with van der Waals surface area (Å²) < 4.78 is 5.08. The van der Waals surface area contributed by atoms with Crippen molar-refractivity contribution in [2.45, 2.75) is 26.2 Å². The van der Waals surface area contributed by atoms with Crippen LogP contribution >= 0.6 is 0 Å². The van der Waals surface area contributed by atoms with Crippen molar-refractivity contribution in [3.8, 4) is 0 Å². The van der Waals surface area contributed by atoms with Gasteiger partial charge in [-0.25, -0.2) is 0 Å². The molecule has 0 saturated carbocycles. The summed E-state index contributed by atoms with van der Waals surface area (Å²) in [6.45, 7) is 1.80. The number of esters is 1. The van der Waals surface area contributed by atoms with Gasteiger partial charge in [-0.15, -0.1) is 0 Å². The number of benzene rings is 3. The van der Waals surface area contributed by atoms with Crippen molar-refractivity contribution >= 4 is 34.3 Å². The number of carbonyl (C=O) groups excluding carboxylic acids is 4. The smallest absolute Gasteiger partial charge is 0.306 e. The van der Waals surface area contributed by atoms with Gasteiger partial charge in [0.25, 0.3) is 11.8 Å². The number of Topliss-reactive ketones (excluding diaryl/α,β-unsaturated/α-hetero) is 1. The van der Waals surface area contributed by atoms with Crippen LogP contribution in [0.2, 0.25) is 0 Å². The number of hydrogen-bond acceptors (Lipinski definition) is 5. The Labute approximate surface area is 185 Å². The van der Waals surface area contributed by atoms with E-state index in [4.69, 9.17) is 4.74 Å². The summed E-state index contributed by atoms with van der Waals surface area (Å²) >= 11 is 0. The van der Waals surface area contributed by atoms with Crippen molar-refractivity contribution in [1.29, 1.82) is 0 Å². The maximum absolute atomic E-state index is 12.9. The van der Waals surface area contributed by atoms with Crippen molar-refractivity contribution < 1.29 is 23.9 Å². The Morgan fingerprint density at radius 1 is 0.875 bits per heavy atom. The first-order chi connectivity index (χ1) is 15.5. The Balaban J connectivity index is 1.31. The number of amides is 2. The Kier molecular flexibility index (Phi) is 6.12. The minimum absolute atomic E-state index is 0.00492. The van der Waals surface area contributed by atoms with Gasteiger partial charge in [0, 0.05) is 35.0 Å². The molecule has 6 heteroatoms. The summed E-state index contributed by atoms with van der Waals surface area (Å²) in [5.74, 6) is -1.54. The number of hydrogen-bond donors (Lipinski definition) is 0. The highest BCUT2D eigenvalue weighted by atomic mass is 16.5. The van der Waals surface area contributed by atoms with Gasteiger partial charge in [0.1, 0.15) is 0 Å². The molecule has 0 radical (unpaired) electrons. The van der Waals surface area contributed by atoms with Crippen LogP contribution in [0.4, 0.5) is 0 Å². The van der Waals surface area contributed by atoms with Gasteiger partial charge >= 0.3 is 5.97 Å². The number of carbonyl (C=O) groups is 4. The van der Waals surface area contributed by atoms with Gasteiger partial charge in [-0.05, 0) is 35.9 Å². The highest BCUT2D eigenvalue weighted by molar-refractivity contribution is 6.25. The second kappa shape index (κ2) is 9.14. The molecule has 0 spiro atoms. The van der Waals surface area contributed by atoms with Crippen LogP contribution in [0.5, 0.6) is 0 Å². The van der Waals surface area contributed by atoms with Crippen LogP contribution in [0.1, 0.15) is 56.4 Å². The fourth-order valence-corrected chi connectivity index (χ4v) is 3.89. The summed E-state index contributed by atoms with van der Waals surface area (Å²) in [5.41, 5.74) is 2.59. The molecule has 0 aromatic heterocycles. The molecular formula is C26H23NO5. The van der Waals surface area contributed by atoms with Crippen LogP contribution in [-0.2, 0) is 16.0 Å². The first kappa shape index (κ1) is 21.4. The van der Waals surface area contributed by atoms with E-state index in [-0.39, 0.29) is 43.6 Å². The van der Waals surface area contributed by atoms with Crippen molar-refractivity contribution in [3.05, 3.63) is 82.9 Å². The fraction of sp³-hybridized carbons (Fsp3) is 0.231. The third-order valence-electron chi connectivity index (χ3n) is 5.67. The molecular weight excluding hydrogens is 406 g/mol. The average Bonchev–Trinajstić information content (AvgIpc) is 2.83. The topological polar surface area (TPSA) is 80.8 Å². The van der Waals surface area contributed by atoms with E-state index >= 15 is 0 Å². The van der Waals surface area contributed by atoms with E-state index in [0.717, 1.165) is 17.4 Å². The minimum atomic E-state index is -0.539. The van der Waals surface area contributed by atoms with E-state index in [1.807, 2.05) is 31.2 Å². The molecule has 4 rings (SSSR count). The molecule has 0 atom stereocenters. The lowest BCUT2D eigenvalue weighted by Gasteiger charge is -2.27. The molecule has 1 aliphatic rings. The summed E-state index contributed by atoms with van der Waals surface area (Å²) in [7, 11) is 0. The molecule has 2 amide bonds. The molecule has 3 aromatic carbocycles. The van der Waals surface area contributed by atoms with Crippen LogP contribution in [-0.4, -0.2) is 41.6 Å². The summed E-state index contributed by atoms with van der Waals surface area (Å²) in [5, 5.41) is 1.52. The molecule has 0 saturated heterocycles. The molecule has 32 heavy (non-hydrogen) atoms. The monoisotopic (exact) mass is 429 g/mol. The van der Waals surface area contributed by atoms with Crippen LogP contribution < -0.4 is 0 Å². The van der Waals surface area contributed by atoms with Crippen molar-refractivity contribution in [1.82, 2.24) is 4.90 Å². The van der Waals surface area contributed by atoms with Gasteiger partial charge in [-0.3, -0.25) is 24.1 Å². The van der Waals surface area contributed by atoms with E-state index in [0.29, 0.717) is 22.1 Å². The van der Waals surface area contributed by atoms with Crippen LogP contribution in [0.25, 0.3) is 10.8 Å². The quantitative estimate of drug-likeness (QED) is 0.304. The highest BCUT2D eigenvalue weighted by Gasteiger charge is 2.32. The zero-order valence-corrected chi connectivity index (χ0v) is 17.8. The molecule has 162 valence electrons. The molecule has 3 aromatic rings. The fourth-order valence-electron chi connectivity index (χ4n) is 3.89. The standard InChI is InChI=1S/C26H23NO5/c1-2-17-11-13-18(14-12-17)22(28)16-32-23(29)10-5-15-27-25(30)20-8-3-6-19-7-4-9-21(24(19)20)26(27)31/h3-4,6-9,11-14H,2,5,10,15-16H2,1H3. The maximum Gasteiger partial charge on any atom is 0.306 e. The van der Waals surface area contributed by atoms with Gasteiger partial charge in [-0.1, -0.05) is 55.5 Å². The largest absolute Gasteiger partial charge is 0.457 e. The molecule has 1 aliphatic heterocycles. The second-order valence-electron chi connectivity index (χ2n) is 7.71. The Bertz CT molecular complexity index is 1160. The van der Waals surface area contributed by atoms with Crippen LogP contribution in [0.15, 0.2) is 60.7 Å². The maximum atomic E-state index is 12.9. The highest BCUT2D eigenvalue weighted by Crippen LogP contribution is 2.30. The van der Waals surface area contributed by atoms with Crippen molar-refractivity contribution in [2.24, 2.45) is 0 Å². The average molecular weight is 429 g/mol. The van der Waals surface area contributed by atoms with Crippen LogP contribution in [0, 0.1) is 0 Å². The normalized spacial score (nSPS) is 12.8. The molecule has 0 unspecified atom stereocenters. The van der Waals surface area contributed by atoms with E-state index in [9.17, 15) is 19.2 Å². The first-order valence-electron chi connectivity index (χ1n) is 10.6. The van der Waals surface area contributed by atoms with Gasteiger partial charge in [0.15, 0.2) is 12.4 Å². The number of rotatable bonds is 8. The van der Waals surface area contributed by atoms with Crippen molar-refractivity contribution in [2.75, 3.05) is 13.2 Å². The third-order valence-corrected chi connectivity index (χ3v) is 5.67. The first-order valence-corrected chi connectivity index (χ1v) is 10.6. The van der Waals surface area contributed by atoms with E-state index in [1.54, 1.807) is 36.4 Å². The molecule has 1 heterocycles. The predicted octanol–water partition coefficient (Wildman–Crippen LogP) is 4.20. The zero-order valence-electron chi connectivity index (χ0n) is 17.8. The number of imide groups is 1. The lowest BCUT2D eigenvalue weighted by atomic mass is 9.94. The van der Waals surface area contributed by atoms with Crippen LogP contribution in [0.3, 0.4) is 0 Å². The second-order valence-corrected chi connectivity index (χ2v) is 7.71. The molecule has 6 nitrogen and oxygen atoms in total. The third kappa shape index (κ3) is 4.17. The SMILES string of the molecule is CCc1ccc(C(=O)COC(=O)CCCN2C(=O)c3cccc4cccc(c34)C2=O)cc1. The van der Waals surface area contributed by atoms with E-state index in [2.05, 4.69) is 0 Å². The Morgan fingerprint density at radius 3 is 2.09 bits per heavy atom. The number of nitrogens with zero attached hydrogens (tertiary/aromatic N) is 1. The number of ether oxygens (including phenoxy) is 1. The molecule has 0 N–H and O–H groups in total. The number of aryl methyl sites for hydroxylation is 1. The summed E-state index contributed by atoms with van der Waals surface area (Å²) in [4.78, 5) is 51.1. The number of ketones is 1. The lowest BCUT2D eigenvalue weighted by Crippen LogP contribution is -2.41. The Hall–Kier alpha value is -3.80. The van der Waals surface area contributed by atoms with E-state index < -0.39 is 5.97 Å². The lowest BCUT2D eigenvalue weighted by molar-refractivity contribution is -0.142. The molecule has 0 aliphatic carbocycles. The molecule has 0 fully saturated rings. The van der Waals surface area contributed by atoms with Gasteiger partial charge in [0.2, 0.25) is 0 Å². The molecule has 0 bridgehead atoms. The van der Waals surface area contributed by atoms with Crippen molar-refractivity contribution in [3.63, 3.8) is 0 Å². The van der Waals surface area contributed by atoms with Gasteiger partial charge in [0.05, 0.1) is 0 Å². The van der Waals surface area contributed by atoms with Gasteiger partial charge in [-0.2, -0.15) is 0 Å². The minimum Gasteiger partial charge on any atom is -0.457 e. The zero-order chi connectivity index (χ0) is 22.7. The summed E-state index contributed by atoms with van der Waals surface area (Å²) in [6, 6.07) is 17.9. The van der Waals surface area contributed by atoms with E-state index in [1.165, 1.54) is 4.90 Å².